The number of nitrogens with zero attached hydrogens (tertiary/aromatic N) is 3. The number of rotatable bonds is 7. The lowest BCUT2D eigenvalue weighted by molar-refractivity contribution is -0.133. The molecule has 1 aliphatic rings. The van der Waals surface area contributed by atoms with E-state index in [-0.39, 0.29) is 29.8 Å². The van der Waals surface area contributed by atoms with E-state index in [2.05, 4.69) is 10.1 Å². The van der Waals surface area contributed by atoms with E-state index in [1.54, 1.807) is 19.1 Å². The normalized spacial score (nSPS) is 17.8. The van der Waals surface area contributed by atoms with Gasteiger partial charge in [0.15, 0.2) is 5.82 Å². The van der Waals surface area contributed by atoms with Gasteiger partial charge in [-0.2, -0.15) is 4.98 Å². The van der Waals surface area contributed by atoms with Gasteiger partial charge in [0.05, 0.1) is 6.54 Å². The topological polar surface area (TPSA) is 94.5 Å². The molecule has 7 nitrogen and oxygen atoms in total. The third-order valence-electron chi connectivity index (χ3n) is 4.87. The summed E-state index contributed by atoms with van der Waals surface area (Å²) in [6, 6.07) is 0. The summed E-state index contributed by atoms with van der Waals surface area (Å²) < 4.78 is 10.3. The Morgan fingerprint density at radius 3 is 2.67 bits per heavy atom. The molecular formula is C16H29ClN4O3. The first kappa shape index (κ1) is 20.9. The molecule has 8 heteroatoms. The lowest BCUT2D eigenvalue weighted by atomic mass is 9.71. The van der Waals surface area contributed by atoms with Crippen LogP contribution in [0.25, 0.3) is 0 Å². The maximum atomic E-state index is 12.5. The highest BCUT2D eigenvalue weighted by molar-refractivity contribution is 5.85. The van der Waals surface area contributed by atoms with E-state index in [1.165, 1.54) is 6.42 Å². The fraction of sp³-hybridized carbons (Fsp3) is 0.812. The third-order valence-corrected chi connectivity index (χ3v) is 4.87. The highest BCUT2D eigenvalue weighted by atomic mass is 35.5. The Balaban J connectivity index is 0.00000288. The second-order valence-corrected chi connectivity index (χ2v) is 6.62. The van der Waals surface area contributed by atoms with Gasteiger partial charge in [0, 0.05) is 20.6 Å². The Morgan fingerprint density at radius 2 is 2.08 bits per heavy atom. The van der Waals surface area contributed by atoms with Crippen molar-refractivity contribution < 1.29 is 14.1 Å². The molecule has 1 saturated carbocycles. The molecule has 1 aromatic rings. The fourth-order valence-corrected chi connectivity index (χ4v) is 3.10. The van der Waals surface area contributed by atoms with Gasteiger partial charge in [-0.25, -0.2) is 0 Å². The molecule has 0 saturated heterocycles. The number of hydrogen-bond acceptors (Lipinski definition) is 6. The van der Waals surface area contributed by atoms with Crippen molar-refractivity contribution >= 4 is 18.3 Å². The SMILES string of the molecule is COC(C)c1noc(CN(C)C(=O)CC2(CN)CCCCC2)n1.Cl. The highest BCUT2D eigenvalue weighted by Gasteiger charge is 2.34. The summed E-state index contributed by atoms with van der Waals surface area (Å²) in [5.74, 6) is 0.996. The minimum absolute atomic E-state index is 0. The average Bonchev–Trinajstić information content (AvgIpc) is 3.03. The van der Waals surface area contributed by atoms with E-state index < -0.39 is 0 Å². The number of hydrogen-bond donors (Lipinski definition) is 1. The van der Waals surface area contributed by atoms with E-state index >= 15 is 0 Å². The molecule has 0 aromatic carbocycles. The molecule has 1 atom stereocenters. The fourth-order valence-electron chi connectivity index (χ4n) is 3.10. The van der Waals surface area contributed by atoms with E-state index in [9.17, 15) is 4.79 Å². The van der Waals surface area contributed by atoms with Crippen LogP contribution in [0.1, 0.15) is 63.3 Å². The van der Waals surface area contributed by atoms with Crippen molar-refractivity contribution in [2.75, 3.05) is 20.7 Å². The van der Waals surface area contributed by atoms with Crippen molar-refractivity contribution in [3.8, 4) is 0 Å². The highest BCUT2D eigenvalue weighted by Crippen LogP contribution is 2.38. The van der Waals surface area contributed by atoms with Crippen molar-refractivity contribution in [2.24, 2.45) is 11.1 Å². The summed E-state index contributed by atoms with van der Waals surface area (Å²) in [4.78, 5) is 18.4. The van der Waals surface area contributed by atoms with Crippen LogP contribution < -0.4 is 5.73 Å². The minimum atomic E-state index is -0.226. The zero-order valence-corrected chi connectivity index (χ0v) is 15.6. The Hall–Kier alpha value is -1.18. The number of amides is 1. The molecule has 1 aromatic heterocycles. The molecule has 1 heterocycles. The summed E-state index contributed by atoms with van der Waals surface area (Å²) in [5.41, 5.74) is 5.93. The molecule has 2 rings (SSSR count). The first-order valence-corrected chi connectivity index (χ1v) is 8.29. The van der Waals surface area contributed by atoms with Crippen LogP contribution in [0.4, 0.5) is 0 Å². The van der Waals surface area contributed by atoms with E-state index in [0.717, 1.165) is 25.7 Å². The van der Waals surface area contributed by atoms with E-state index in [4.69, 9.17) is 15.0 Å². The van der Waals surface area contributed by atoms with Gasteiger partial charge in [-0.05, 0) is 31.7 Å². The zero-order chi connectivity index (χ0) is 16.9. The van der Waals surface area contributed by atoms with Crippen LogP contribution in [0.2, 0.25) is 0 Å². The van der Waals surface area contributed by atoms with E-state index in [1.807, 2.05) is 6.92 Å². The lowest BCUT2D eigenvalue weighted by Gasteiger charge is -2.36. The quantitative estimate of drug-likeness (QED) is 0.802. The molecule has 1 unspecified atom stereocenters. The summed E-state index contributed by atoms with van der Waals surface area (Å²) in [6.07, 6.45) is 5.92. The summed E-state index contributed by atoms with van der Waals surface area (Å²) in [5, 5.41) is 3.88. The van der Waals surface area contributed by atoms with Crippen LogP contribution in [0, 0.1) is 5.41 Å². The number of halogens is 1. The summed E-state index contributed by atoms with van der Waals surface area (Å²) >= 11 is 0. The van der Waals surface area contributed by atoms with Gasteiger partial charge in [0.2, 0.25) is 11.8 Å². The Bertz CT molecular complexity index is 517. The van der Waals surface area contributed by atoms with Crippen molar-refractivity contribution in [3.63, 3.8) is 0 Å². The number of carbonyl (C=O) groups excluding carboxylic acids is 1. The smallest absolute Gasteiger partial charge is 0.246 e. The second-order valence-electron chi connectivity index (χ2n) is 6.62. The van der Waals surface area contributed by atoms with Crippen molar-refractivity contribution in [1.29, 1.82) is 0 Å². The zero-order valence-electron chi connectivity index (χ0n) is 14.8. The second kappa shape index (κ2) is 9.34. The predicted octanol–water partition coefficient (Wildman–Crippen LogP) is 2.46. The van der Waals surface area contributed by atoms with Crippen LogP contribution >= 0.6 is 12.4 Å². The lowest BCUT2D eigenvalue weighted by Crippen LogP contribution is -2.39. The minimum Gasteiger partial charge on any atom is -0.374 e. The van der Waals surface area contributed by atoms with Crippen LogP contribution in [0.3, 0.4) is 0 Å². The number of nitrogens with two attached hydrogens (primary N) is 1. The predicted molar refractivity (Wildman–Crippen MR) is 92.6 cm³/mol. The van der Waals surface area contributed by atoms with Gasteiger partial charge in [-0.3, -0.25) is 4.79 Å². The number of methoxy groups -OCH3 is 1. The van der Waals surface area contributed by atoms with Gasteiger partial charge in [-0.1, -0.05) is 24.4 Å². The maximum Gasteiger partial charge on any atom is 0.246 e. The maximum absolute atomic E-state index is 12.5. The largest absolute Gasteiger partial charge is 0.374 e. The molecule has 24 heavy (non-hydrogen) atoms. The van der Waals surface area contributed by atoms with Crippen molar-refractivity contribution in [3.05, 3.63) is 11.7 Å². The first-order chi connectivity index (χ1) is 11.0. The Morgan fingerprint density at radius 1 is 1.42 bits per heavy atom. The molecule has 0 spiro atoms. The molecule has 138 valence electrons. The van der Waals surface area contributed by atoms with Gasteiger partial charge < -0.3 is 19.9 Å². The van der Waals surface area contributed by atoms with Crippen molar-refractivity contribution in [2.45, 2.75) is 58.1 Å². The van der Waals surface area contributed by atoms with Gasteiger partial charge in [0.1, 0.15) is 6.10 Å². The summed E-state index contributed by atoms with van der Waals surface area (Å²) in [6.45, 7) is 2.73. The molecular weight excluding hydrogens is 332 g/mol. The standard InChI is InChI=1S/C16H28N4O3.ClH/c1-12(22-3)15-18-13(23-19-15)10-20(2)14(21)9-16(11-17)7-5-4-6-8-16;/h12H,4-11,17H2,1-3H3;1H. The van der Waals surface area contributed by atoms with Gasteiger partial charge in [-0.15, -0.1) is 12.4 Å². The first-order valence-electron chi connectivity index (χ1n) is 8.29. The molecule has 1 aliphatic carbocycles. The molecule has 2 N–H and O–H groups in total. The van der Waals surface area contributed by atoms with Crippen LogP contribution in [-0.2, 0) is 16.1 Å². The molecule has 1 amide bonds. The van der Waals surface area contributed by atoms with Gasteiger partial charge in [0.25, 0.3) is 0 Å². The summed E-state index contributed by atoms with van der Waals surface area (Å²) in [7, 11) is 3.35. The van der Waals surface area contributed by atoms with Crippen LogP contribution in [0.5, 0.6) is 0 Å². The molecule has 1 fully saturated rings. The Kier molecular flexibility index (Phi) is 8.12. The molecule has 0 aliphatic heterocycles. The average molecular weight is 361 g/mol. The van der Waals surface area contributed by atoms with Crippen LogP contribution in [-0.4, -0.2) is 41.6 Å². The number of carbonyl (C=O) groups is 1. The van der Waals surface area contributed by atoms with Gasteiger partial charge >= 0.3 is 0 Å². The monoisotopic (exact) mass is 360 g/mol. The van der Waals surface area contributed by atoms with Crippen molar-refractivity contribution in [1.82, 2.24) is 15.0 Å². The Labute approximate surface area is 149 Å². The third kappa shape index (κ3) is 5.16. The molecule has 0 bridgehead atoms. The number of ether oxygens (including phenoxy) is 1. The van der Waals surface area contributed by atoms with E-state index in [0.29, 0.717) is 31.2 Å². The van der Waals surface area contributed by atoms with Crippen LogP contribution in [0.15, 0.2) is 4.52 Å². The molecule has 0 radical (unpaired) electrons. The number of aromatic nitrogens is 2.